The molecule has 2 atom stereocenters. The SMILES string of the molecule is CCc1c(N2CCN(C(=O)OC(C)(C)C)CC2)c(=O)n2nc(N3C[C@@H](F)[C@@H](F)C3)nc2n1CC(=O)Nc1ccc(C(F)(F)F)cc1C. The molecule has 1 aromatic carbocycles. The molecular formula is C30H37F5N8O4. The quantitative estimate of drug-likeness (QED) is 0.393. The van der Waals surface area contributed by atoms with E-state index in [2.05, 4.69) is 15.4 Å². The number of nitrogens with one attached hydrogen (secondary N) is 1. The van der Waals surface area contributed by atoms with Crippen molar-refractivity contribution < 1.29 is 36.3 Å². The Kier molecular flexibility index (Phi) is 9.12. The Morgan fingerprint density at radius 1 is 1.02 bits per heavy atom. The number of alkyl halides is 5. The second-order valence-corrected chi connectivity index (χ2v) is 12.6. The highest BCUT2D eigenvalue weighted by atomic mass is 19.4. The number of carbonyl (C=O) groups excluding carboxylic acids is 2. The lowest BCUT2D eigenvalue weighted by atomic mass is 10.1. The van der Waals surface area contributed by atoms with Crippen LogP contribution in [0.25, 0.3) is 5.78 Å². The maximum absolute atomic E-state index is 14.1. The van der Waals surface area contributed by atoms with Crippen LogP contribution in [-0.2, 0) is 28.7 Å². The van der Waals surface area contributed by atoms with Gasteiger partial charge in [0.25, 0.3) is 5.56 Å². The number of piperazine rings is 1. The minimum atomic E-state index is -4.55. The molecule has 0 radical (unpaired) electrons. The largest absolute Gasteiger partial charge is 0.444 e. The highest BCUT2D eigenvalue weighted by Crippen LogP contribution is 2.32. The smallest absolute Gasteiger partial charge is 0.416 e. The lowest BCUT2D eigenvalue weighted by Gasteiger charge is -2.37. The Bertz CT molecular complexity index is 1720. The van der Waals surface area contributed by atoms with Crippen molar-refractivity contribution in [1.82, 2.24) is 24.1 Å². The third-order valence-corrected chi connectivity index (χ3v) is 7.99. The number of hydrogen-bond acceptors (Lipinski definition) is 8. The van der Waals surface area contributed by atoms with E-state index >= 15 is 0 Å². The van der Waals surface area contributed by atoms with Gasteiger partial charge in [0.1, 0.15) is 17.8 Å². The van der Waals surface area contributed by atoms with E-state index in [0.717, 1.165) is 22.7 Å². The van der Waals surface area contributed by atoms with Crippen LogP contribution in [0.3, 0.4) is 0 Å². The topological polar surface area (TPSA) is 117 Å². The average molecular weight is 669 g/mol. The molecule has 2 saturated heterocycles. The van der Waals surface area contributed by atoms with Crippen LogP contribution in [0.5, 0.6) is 0 Å². The van der Waals surface area contributed by atoms with Crippen molar-refractivity contribution in [3.05, 3.63) is 45.4 Å². The molecule has 17 heteroatoms. The van der Waals surface area contributed by atoms with Gasteiger partial charge in [-0.3, -0.25) is 9.59 Å². The average Bonchev–Trinajstić information content (AvgIpc) is 3.57. The zero-order chi connectivity index (χ0) is 34.4. The fourth-order valence-corrected chi connectivity index (χ4v) is 5.69. The zero-order valence-corrected chi connectivity index (χ0v) is 26.7. The first-order valence-corrected chi connectivity index (χ1v) is 15.2. The fourth-order valence-electron chi connectivity index (χ4n) is 5.69. The summed E-state index contributed by atoms with van der Waals surface area (Å²) in [4.78, 5) is 49.1. The molecule has 2 aromatic heterocycles. The highest BCUT2D eigenvalue weighted by molar-refractivity contribution is 5.91. The highest BCUT2D eigenvalue weighted by Gasteiger charge is 2.36. The molecule has 256 valence electrons. The van der Waals surface area contributed by atoms with Crippen LogP contribution in [0, 0.1) is 6.92 Å². The number of amides is 2. The number of aryl methyl sites for hydroxylation is 1. The summed E-state index contributed by atoms with van der Waals surface area (Å²) >= 11 is 0. The number of rotatable bonds is 6. The van der Waals surface area contributed by atoms with E-state index in [4.69, 9.17) is 4.74 Å². The summed E-state index contributed by atoms with van der Waals surface area (Å²) in [6, 6.07) is 2.96. The molecule has 47 heavy (non-hydrogen) atoms. The first-order valence-electron chi connectivity index (χ1n) is 15.2. The molecule has 0 aliphatic carbocycles. The maximum atomic E-state index is 14.1. The molecule has 2 aliphatic heterocycles. The molecule has 0 bridgehead atoms. The summed E-state index contributed by atoms with van der Waals surface area (Å²) in [6.45, 7) is 8.45. The van der Waals surface area contributed by atoms with Crippen molar-refractivity contribution in [2.75, 3.05) is 54.4 Å². The minimum absolute atomic E-state index is 0.0463. The van der Waals surface area contributed by atoms with Crippen molar-refractivity contribution in [3.63, 3.8) is 0 Å². The van der Waals surface area contributed by atoms with Crippen LogP contribution in [0.1, 0.15) is 44.5 Å². The molecular weight excluding hydrogens is 631 g/mol. The molecule has 5 rings (SSSR count). The molecule has 12 nitrogen and oxygen atoms in total. The van der Waals surface area contributed by atoms with Crippen LogP contribution in [-0.4, -0.2) is 93.3 Å². The van der Waals surface area contributed by atoms with Crippen LogP contribution in [0.15, 0.2) is 23.0 Å². The predicted octanol–water partition coefficient (Wildman–Crippen LogP) is 3.97. The predicted molar refractivity (Wildman–Crippen MR) is 163 cm³/mol. The summed E-state index contributed by atoms with van der Waals surface area (Å²) < 4.78 is 75.6. The summed E-state index contributed by atoms with van der Waals surface area (Å²) in [6.07, 6.45) is -8.31. The van der Waals surface area contributed by atoms with Gasteiger partial charge in [-0.1, -0.05) is 6.92 Å². The second-order valence-electron chi connectivity index (χ2n) is 12.6. The standard InChI is InChI=1S/C30H37F5N8O4/c1-6-22-24(39-9-11-40(12-10-39)28(46)47-29(3,4)5)25(45)43-27(37-26(38-43)41-14-19(31)20(32)15-41)42(22)16-23(44)36-21-8-7-18(13-17(21)2)30(33,34)35/h7-8,13,19-20H,6,9-12,14-16H2,1-5H3,(H,36,44)/t19-,20+. The number of carbonyl (C=O) groups is 2. The van der Waals surface area contributed by atoms with Gasteiger partial charge in [0.15, 0.2) is 12.3 Å². The van der Waals surface area contributed by atoms with E-state index in [-0.39, 0.29) is 74.4 Å². The molecule has 1 N–H and O–H groups in total. The van der Waals surface area contributed by atoms with E-state index in [0.29, 0.717) is 5.69 Å². The van der Waals surface area contributed by atoms with Crippen molar-refractivity contribution >= 4 is 35.1 Å². The third kappa shape index (κ3) is 7.12. The van der Waals surface area contributed by atoms with E-state index in [9.17, 15) is 36.3 Å². The van der Waals surface area contributed by atoms with E-state index in [1.807, 2.05) is 0 Å². The monoisotopic (exact) mass is 668 g/mol. The van der Waals surface area contributed by atoms with Gasteiger partial charge in [-0.15, -0.1) is 5.10 Å². The number of halogens is 5. The van der Waals surface area contributed by atoms with Gasteiger partial charge in [-0.05, 0) is 57.9 Å². The zero-order valence-electron chi connectivity index (χ0n) is 26.7. The molecule has 0 unspecified atom stereocenters. The van der Waals surface area contributed by atoms with Gasteiger partial charge in [0.05, 0.1) is 24.3 Å². The molecule has 2 amide bonds. The third-order valence-electron chi connectivity index (χ3n) is 7.99. The van der Waals surface area contributed by atoms with Gasteiger partial charge in [0.2, 0.25) is 17.6 Å². The summed E-state index contributed by atoms with van der Waals surface area (Å²) in [5.41, 5.74) is -1.12. The number of anilines is 3. The number of nitrogens with zero attached hydrogens (tertiary/aromatic N) is 7. The molecule has 2 fully saturated rings. The Balaban J connectivity index is 1.51. The number of aromatic nitrogens is 4. The lowest BCUT2D eigenvalue weighted by Crippen LogP contribution is -2.51. The Morgan fingerprint density at radius 2 is 1.66 bits per heavy atom. The molecule has 0 spiro atoms. The van der Waals surface area contributed by atoms with Crippen molar-refractivity contribution in [1.29, 1.82) is 0 Å². The Labute approximate surface area is 267 Å². The van der Waals surface area contributed by atoms with Crippen LogP contribution in [0.2, 0.25) is 0 Å². The van der Waals surface area contributed by atoms with Crippen molar-refractivity contribution in [2.24, 2.45) is 0 Å². The van der Waals surface area contributed by atoms with Gasteiger partial charge in [-0.2, -0.15) is 22.7 Å². The minimum Gasteiger partial charge on any atom is -0.444 e. The second kappa shape index (κ2) is 12.6. The normalized spacial score (nSPS) is 19.1. The van der Waals surface area contributed by atoms with Crippen LogP contribution in [0.4, 0.5) is 44.1 Å². The maximum Gasteiger partial charge on any atom is 0.416 e. The van der Waals surface area contributed by atoms with E-state index < -0.39 is 53.8 Å². The Hall–Kier alpha value is -4.44. The molecule has 0 saturated carbocycles. The number of fused-ring (bicyclic) bond motifs is 1. The lowest BCUT2D eigenvalue weighted by molar-refractivity contribution is -0.137. The molecule has 4 heterocycles. The first kappa shape index (κ1) is 33.9. The molecule has 2 aliphatic rings. The number of benzene rings is 1. The van der Waals surface area contributed by atoms with Gasteiger partial charge in [-0.25, -0.2) is 13.6 Å². The van der Waals surface area contributed by atoms with Crippen LogP contribution >= 0.6 is 0 Å². The van der Waals surface area contributed by atoms with Crippen molar-refractivity contribution in [2.45, 2.75) is 71.7 Å². The fraction of sp³-hybridized carbons (Fsp3) is 0.567. The summed E-state index contributed by atoms with van der Waals surface area (Å²) in [7, 11) is 0. The Morgan fingerprint density at radius 3 is 2.21 bits per heavy atom. The van der Waals surface area contributed by atoms with Gasteiger partial charge < -0.3 is 29.3 Å². The summed E-state index contributed by atoms with van der Waals surface area (Å²) in [5.74, 6) is -0.756. The number of ether oxygens (including phenoxy) is 1. The van der Waals surface area contributed by atoms with E-state index in [1.165, 1.54) is 21.3 Å². The van der Waals surface area contributed by atoms with Gasteiger partial charge >= 0.3 is 12.3 Å². The van der Waals surface area contributed by atoms with Crippen LogP contribution < -0.4 is 20.7 Å². The number of hydrogen-bond donors (Lipinski definition) is 1. The van der Waals surface area contributed by atoms with Crippen molar-refractivity contribution in [3.8, 4) is 0 Å². The molecule has 3 aromatic rings. The summed E-state index contributed by atoms with van der Waals surface area (Å²) in [5, 5.41) is 6.92. The van der Waals surface area contributed by atoms with Gasteiger partial charge in [0, 0.05) is 31.9 Å². The van der Waals surface area contributed by atoms with E-state index in [1.54, 1.807) is 32.6 Å². The first-order chi connectivity index (χ1) is 22.0.